The second kappa shape index (κ2) is 9.25. The van der Waals surface area contributed by atoms with E-state index < -0.39 is 58.0 Å². The van der Waals surface area contributed by atoms with Gasteiger partial charge in [-0.2, -0.15) is 0 Å². The summed E-state index contributed by atoms with van der Waals surface area (Å²) in [5.74, 6) is -7.25. The Bertz CT molecular complexity index is 1560. The zero-order valence-electron chi connectivity index (χ0n) is 20.8. The highest BCUT2D eigenvalue weighted by atomic mass is 16.5. The molecule has 0 saturated heterocycles. The van der Waals surface area contributed by atoms with Crippen molar-refractivity contribution in [2.75, 3.05) is 7.11 Å². The first-order chi connectivity index (χ1) is 18.5. The number of ether oxygens (including phenoxy) is 1. The van der Waals surface area contributed by atoms with E-state index in [2.05, 4.69) is 4.74 Å². The first kappa shape index (κ1) is 25.9. The van der Waals surface area contributed by atoms with Gasteiger partial charge in [-0.25, -0.2) is 4.79 Å². The summed E-state index contributed by atoms with van der Waals surface area (Å²) in [5, 5.41) is 44.0. The van der Waals surface area contributed by atoms with Gasteiger partial charge in [0.1, 0.15) is 22.8 Å². The van der Waals surface area contributed by atoms with Crippen LogP contribution in [0.2, 0.25) is 0 Å². The number of ketones is 2. The molecule has 0 aromatic heterocycles. The van der Waals surface area contributed by atoms with E-state index in [1.54, 1.807) is 30.3 Å². The highest BCUT2D eigenvalue weighted by Crippen LogP contribution is 2.53. The van der Waals surface area contributed by atoms with Crippen molar-refractivity contribution in [2.24, 2.45) is 17.6 Å². The van der Waals surface area contributed by atoms with Crippen LogP contribution in [-0.4, -0.2) is 56.6 Å². The number of amides is 1. The van der Waals surface area contributed by atoms with Crippen molar-refractivity contribution in [1.29, 1.82) is 0 Å². The van der Waals surface area contributed by atoms with E-state index in [4.69, 9.17) is 5.73 Å². The predicted molar refractivity (Wildman–Crippen MR) is 138 cm³/mol. The van der Waals surface area contributed by atoms with Crippen LogP contribution in [0.5, 0.6) is 5.75 Å². The molecule has 0 unspecified atom stereocenters. The minimum atomic E-state index is -2.61. The van der Waals surface area contributed by atoms with Gasteiger partial charge < -0.3 is 30.9 Å². The van der Waals surface area contributed by atoms with E-state index in [0.717, 1.165) is 0 Å². The molecule has 3 atom stereocenters. The molecule has 0 aliphatic heterocycles. The molecular formula is C29H25NO9. The van der Waals surface area contributed by atoms with Crippen LogP contribution in [0.4, 0.5) is 0 Å². The van der Waals surface area contributed by atoms with Gasteiger partial charge in [0.2, 0.25) is 5.78 Å². The van der Waals surface area contributed by atoms with E-state index in [0.29, 0.717) is 22.3 Å². The first-order valence-corrected chi connectivity index (χ1v) is 12.2. The number of carbonyl (C=O) groups excluding carboxylic acids is 4. The average Bonchev–Trinajstić information content (AvgIpc) is 2.89. The lowest BCUT2D eigenvalue weighted by Gasteiger charge is -2.46. The fourth-order valence-electron chi connectivity index (χ4n) is 5.93. The van der Waals surface area contributed by atoms with Crippen LogP contribution in [0.1, 0.15) is 29.5 Å². The molecule has 3 aliphatic rings. The van der Waals surface area contributed by atoms with Gasteiger partial charge in [-0.1, -0.05) is 24.3 Å². The Kier molecular flexibility index (Phi) is 6.15. The van der Waals surface area contributed by atoms with Crippen molar-refractivity contribution in [3.63, 3.8) is 0 Å². The van der Waals surface area contributed by atoms with Crippen LogP contribution in [-0.2, 0) is 30.3 Å². The normalized spacial score (nSPS) is 24.4. The Hall–Kier alpha value is -4.70. The molecule has 10 nitrogen and oxygen atoms in total. The van der Waals surface area contributed by atoms with Crippen LogP contribution in [0.15, 0.2) is 59.4 Å². The smallest absolute Gasteiger partial charge is 0.330 e. The highest BCUT2D eigenvalue weighted by Gasteiger charge is 2.60. The summed E-state index contributed by atoms with van der Waals surface area (Å²) in [7, 11) is 1.27. The van der Waals surface area contributed by atoms with Gasteiger partial charge in [-0.15, -0.1) is 0 Å². The maximum Gasteiger partial charge on any atom is 0.330 e. The molecule has 0 spiro atoms. The molecule has 3 aliphatic carbocycles. The fraction of sp³-hybridized carbons (Fsp3) is 0.241. The van der Waals surface area contributed by atoms with Gasteiger partial charge in [0.05, 0.1) is 12.7 Å². The molecule has 0 bridgehead atoms. The number of methoxy groups -OCH3 is 1. The molecule has 1 saturated carbocycles. The Labute approximate surface area is 222 Å². The Balaban J connectivity index is 1.64. The quantitative estimate of drug-likeness (QED) is 0.224. The molecular weight excluding hydrogens is 506 g/mol. The Morgan fingerprint density at radius 1 is 1.10 bits per heavy atom. The lowest BCUT2D eigenvalue weighted by atomic mass is 9.59. The zero-order valence-corrected chi connectivity index (χ0v) is 20.8. The number of esters is 1. The number of hydrogen-bond donors (Lipinski definition) is 5. The number of phenols is 1. The molecule has 1 fully saturated rings. The molecule has 10 heteroatoms. The molecule has 0 heterocycles. The predicted octanol–water partition coefficient (Wildman–Crippen LogP) is 2.28. The third kappa shape index (κ3) is 3.91. The summed E-state index contributed by atoms with van der Waals surface area (Å²) in [6.07, 6.45) is 2.70. The van der Waals surface area contributed by atoms with Gasteiger partial charge in [0.25, 0.3) is 5.91 Å². The first-order valence-electron chi connectivity index (χ1n) is 12.2. The number of rotatable bonds is 4. The molecule has 2 aromatic rings. The fourth-order valence-corrected chi connectivity index (χ4v) is 5.93. The van der Waals surface area contributed by atoms with Gasteiger partial charge in [-0.3, -0.25) is 14.4 Å². The van der Waals surface area contributed by atoms with Crippen molar-refractivity contribution >= 4 is 35.3 Å². The van der Waals surface area contributed by atoms with E-state index in [-0.39, 0.29) is 36.1 Å². The van der Waals surface area contributed by atoms with Crippen LogP contribution >= 0.6 is 0 Å². The number of phenolic OH excluding ortho intramolecular Hbond substituents is 1. The van der Waals surface area contributed by atoms with Crippen molar-refractivity contribution in [3.05, 3.63) is 76.1 Å². The third-order valence-corrected chi connectivity index (χ3v) is 7.76. The summed E-state index contributed by atoms with van der Waals surface area (Å²) in [6.45, 7) is 0. The Morgan fingerprint density at radius 3 is 2.54 bits per heavy atom. The van der Waals surface area contributed by atoms with E-state index in [1.165, 1.54) is 19.3 Å². The molecule has 5 rings (SSSR count). The largest absolute Gasteiger partial charge is 0.508 e. The maximum atomic E-state index is 13.6. The minimum absolute atomic E-state index is 0.00939. The number of fused-ring (bicyclic) bond motifs is 3. The minimum Gasteiger partial charge on any atom is -0.508 e. The highest BCUT2D eigenvalue weighted by molar-refractivity contribution is 6.22. The number of carbonyl (C=O) groups is 4. The Morgan fingerprint density at radius 2 is 1.85 bits per heavy atom. The summed E-state index contributed by atoms with van der Waals surface area (Å²) in [6, 6.07) is 10.2. The number of hydrogen-bond acceptors (Lipinski definition) is 9. The van der Waals surface area contributed by atoms with Crippen molar-refractivity contribution in [2.45, 2.75) is 24.9 Å². The van der Waals surface area contributed by atoms with Crippen molar-refractivity contribution in [1.82, 2.24) is 0 Å². The molecule has 6 N–H and O–H groups in total. The molecule has 1 amide bonds. The molecule has 39 heavy (non-hydrogen) atoms. The lowest BCUT2D eigenvalue weighted by molar-refractivity contribution is -0.147. The zero-order chi connectivity index (χ0) is 28.2. The van der Waals surface area contributed by atoms with Crippen molar-refractivity contribution < 1.29 is 44.3 Å². The van der Waals surface area contributed by atoms with Crippen LogP contribution < -0.4 is 5.73 Å². The summed E-state index contributed by atoms with van der Waals surface area (Å²) in [5.41, 5.74) is 4.21. The monoisotopic (exact) mass is 531 g/mol. The van der Waals surface area contributed by atoms with E-state index in [1.807, 2.05) is 6.07 Å². The van der Waals surface area contributed by atoms with Crippen LogP contribution in [0, 0.1) is 11.8 Å². The number of nitrogens with two attached hydrogens (primary N) is 1. The second-order valence-electron chi connectivity index (χ2n) is 9.87. The topological polar surface area (TPSA) is 184 Å². The van der Waals surface area contributed by atoms with Crippen LogP contribution in [0.3, 0.4) is 0 Å². The van der Waals surface area contributed by atoms with E-state index >= 15 is 0 Å². The van der Waals surface area contributed by atoms with Crippen LogP contribution in [0.25, 0.3) is 23.0 Å². The van der Waals surface area contributed by atoms with Gasteiger partial charge in [-0.05, 0) is 59.2 Å². The molecule has 2 aromatic carbocycles. The summed E-state index contributed by atoms with van der Waals surface area (Å²) in [4.78, 5) is 49.4. The van der Waals surface area contributed by atoms with Crippen molar-refractivity contribution in [3.8, 4) is 16.9 Å². The number of Topliss-reactive ketones (excluding diaryl/α,β-unsaturated/α-hetero) is 2. The summed E-state index contributed by atoms with van der Waals surface area (Å²) >= 11 is 0. The maximum absolute atomic E-state index is 13.6. The number of benzene rings is 2. The van der Waals surface area contributed by atoms with Gasteiger partial charge >= 0.3 is 5.97 Å². The molecule has 200 valence electrons. The van der Waals surface area contributed by atoms with Gasteiger partial charge in [0, 0.05) is 24.0 Å². The second-order valence-corrected chi connectivity index (χ2v) is 9.87. The lowest BCUT2D eigenvalue weighted by Crippen LogP contribution is -2.58. The number of aliphatic hydroxyl groups excluding tert-OH is 2. The average molecular weight is 532 g/mol. The van der Waals surface area contributed by atoms with Gasteiger partial charge in [0.15, 0.2) is 11.4 Å². The van der Waals surface area contributed by atoms with E-state index in [9.17, 15) is 39.6 Å². The third-order valence-electron chi connectivity index (χ3n) is 7.76. The number of aromatic hydroxyl groups is 1. The summed E-state index contributed by atoms with van der Waals surface area (Å²) < 4.78 is 4.63. The SMILES string of the molecule is COC(=O)/C=C/c1cccc(-c2ccc(O)c3c2C[C@H]2C[C@H]4CC(=O)C(C(N)=O)=C(O)[C@@]4(O)C(=O)C2=C3O)c1. The number of aliphatic hydroxyl groups is 3. The molecule has 0 radical (unpaired) electrons. The number of primary amides is 1. The standard InChI is InChI=1S/C29H25NO9/c1-39-21(33)8-5-13-3-2-4-14(9-13)17-6-7-19(31)23-18(17)11-15-10-16-12-20(32)24(28(30)37)27(36)29(16,38)26(35)22(15)25(23)34/h2-9,15-16,31,34,36,38H,10-12H2,1H3,(H2,30,37)/b8-5+/t15-,16+,29+/m1/s1.